The van der Waals surface area contributed by atoms with E-state index in [0.717, 1.165) is 6.07 Å². The van der Waals surface area contributed by atoms with Crippen LogP contribution in [0.4, 0.5) is 4.39 Å². The molecule has 0 spiro atoms. The molecule has 5 nitrogen and oxygen atoms in total. The van der Waals surface area contributed by atoms with Crippen LogP contribution in [0.1, 0.15) is 16.2 Å². The van der Waals surface area contributed by atoms with Crippen molar-refractivity contribution >= 4 is 5.97 Å². The summed E-state index contributed by atoms with van der Waals surface area (Å²) in [6.07, 6.45) is 0. The van der Waals surface area contributed by atoms with Gasteiger partial charge in [0.25, 0.3) is 0 Å². The lowest BCUT2D eigenvalue weighted by molar-refractivity contribution is 0.0601. The highest BCUT2D eigenvalue weighted by Crippen LogP contribution is 2.24. The van der Waals surface area contributed by atoms with Crippen LogP contribution in [-0.4, -0.2) is 23.3 Å². The van der Waals surface area contributed by atoms with Crippen molar-refractivity contribution in [3.8, 4) is 11.5 Å². The molecule has 1 aromatic heterocycles. The van der Waals surface area contributed by atoms with Crippen LogP contribution in [0.2, 0.25) is 0 Å². The lowest BCUT2D eigenvalue weighted by atomic mass is 10.1. The Morgan fingerprint density at radius 3 is 2.76 bits per heavy atom. The number of aryl methyl sites for hydroxylation is 1. The largest absolute Gasteiger partial charge is 0.465 e. The maximum atomic E-state index is 13.2. The van der Waals surface area contributed by atoms with Crippen molar-refractivity contribution < 1.29 is 18.3 Å². The summed E-state index contributed by atoms with van der Waals surface area (Å²) in [6, 6.07) is 3.63. The minimum Gasteiger partial charge on any atom is -0.465 e. The zero-order valence-corrected chi connectivity index (χ0v) is 9.23. The number of methoxy groups -OCH3 is 1. The predicted octanol–water partition coefficient (Wildman–Crippen LogP) is 1.97. The van der Waals surface area contributed by atoms with E-state index in [4.69, 9.17) is 4.42 Å². The van der Waals surface area contributed by atoms with Crippen molar-refractivity contribution in [3.63, 3.8) is 0 Å². The number of esters is 1. The van der Waals surface area contributed by atoms with Gasteiger partial charge in [0, 0.05) is 6.92 Å². The van der Waals surface area contributed by atoms with Gasteiger partial charge in [0.15, 0.2) is 0 Å². The van der Waals surface area contributed by atoms with E-state index in [9.17, 15) is 9.18 Å². The second-order valence-electron chi connectivity index (χ2n) is 3.31. The molecule has 0 unspecified atom stereocenters. The van der Waals surface area contributed by atoms with Gasteiger partial charge in [0.1, 0.15) is 5.82 Å². The third-order valence-corrected chi connectivity index (χ3v) is 2.14. The first-order chi connectivity index (χ1) is 8.11. The zero-order chi connectivity index (χ0) is 12.4. The number of carbonyl (C=O) groups excluding carboxylic acids is 1. The van der Waals surface area contributed by atoms with Gasteiger partial charge in [-0.15, -0.1) is 10.2 Å². The number of benzene rings is 1. The number of hydrogen-bond acceptors (Lipinski definition) is 5. The number of rotatable bonds is 2. The van der Waals surface area contributed by atoms with Crippen molar-refractivity contribution in [1.82, 2.24) is 10.2 Å². The molecule has 0 fully saturated rings. The Morgan fingerprint density at radius 2 is 2.18 bits per heavy atom. The van der Waals surface area contributed by atoms with Crippen molar-refractivity contribution in [2.24, 2.45) is 0 Å². The molecule has 6 heteroatoms. The Balaban J connectivity index is 2.58. The molecule has 2 rings (SSSR count). The first-order valence-corrected chi connectivity index (χ1v) is 4.80. The SMILES string of the molecule is COC(=O)c1ccc(F)cc1-c1nnc(C)o1. The predicted molar refractivity (Wildman–Crippen MR) is 55.8 cm³/mol. The number of aromatic nitrogens is 2. The molecule has 0 bridgehead atoms. The van der Waals surface area contributed by atoms with Crippen LogP contribution in [-0.2, 0) is 4.74 Å². The van der Waals surface area contributed by atoms with Gasteiger partial charge in [-0.05, 0) is 18.2 Å². The molecule has 1 heterocycles. The lowest BCUT2D eigenvalue weighted by Gasteiger charge is -2.04. The molecule has 0 amide bonds. The Bertz CT molecular complexity index is 566. The van der Waals surface area contributed by atoms with Crippen molar-refractivity contribution in [2.75, 3.05) is 7.11 Å². The van der Waals surface area contributed by atoms with Crippen LogP contribution in [0.15, 0.2) is 22.6 Å². The van der Waals surface area contributed by atoms with Crippen LogP contribution >= 0.6 is 0 Å². The summed E-state index contributed by atoms with van der Waals surface area (Å²) < 4.78 is 22.9. The molecule has 2 aromatic rings. The molecule has 0 aliphatic heterocycles. The molecular weight excluding hydrogens is 227 g/mol. The Morgan fingerprint density at radius 1 is 1.41 bits per heavy atom. The molecule has 0 saturated carbocycles. The van der Waals surface area contributed by atoms with Gasteiger partial charge in [-0.1, -0.05) is 0 Å². The molecule has 17 heavy (non-hydrogen) atoms. The molecule has 0 aliphatic carbocycles. The van der Waals surface area contributed by atoms with Gasteiger partial charge >= 0.3 is 5.97 Å². The Hall–Kier alpha value is -2.24. The molecular formula is C11H9FN2O3. The van der Waals surface area contributed by atoms with E-state index in [1.807, 2.05) is 0 Å². The first-order valence-electron chi connectivity index (χ1n) is 4.80. The van der Waals surface area contributed by atoms with E-state index in [1.165, 1.54) is 19.2 Å². The third kappa shape index (κ3) is 2.15. The van der Waals surface area contributed by atoms with E-state index in [1.54, 1.807) is 6.92 Å². The van der Waals surface area contributed by atoms with Crippen molar-refractivity contribution in [1.29, 1.82) is 0 Å². The fourth-order valence-electron chi connectivity index (χ4n) is 1.39. The lowest BCUT2D eigenvalue weighted by Crippen LogP contribution is -2.04. The monoisotopic (exact) mass is 236 g/mol. The standard InChI is InChI=1S/C11H9FN2O3/c1-6-13-14-10(17-6)9-5-7(12)3-4-8(9)11(15)16-2/h3-5H,1-2H3. The highest BCUT2D eigenvalue weighted by molar-refractivity contribution is 5.96. The van der Waals surface area contributed by atoms with Gasteiger partial charge in [-0.2, -0.15) is 0 Å². The molecule has 88 valence electrons. The zero-order valence-electron chi connectivity index (χ0n) is 9.23. The third-order valence-electron chi connectivity index (χ3n) is 2.14. The summed E-state index contributed by atoms with van der Waals surface area (Å²) in [6.45, 7) is 1.60. The van der Waals surface area contributed by atoms with Crippen LogP contribution in [0, 0.1) is 12.7 Å². The van der Waals surface area contributed by atoms with Crippen LogP contribution in [0.25, 0.3) is 11.5 Å². The first kappa shape index (κ1) is 11.3. The summed E-state index contributed by atoms with van der Waals surface area (Å²) in [7, 11) is 1.24. The Kier molecular flexibility index (Phi) is 2.86. The number of nitrogens with zero attached hydrogens (tertiary/aromatic N) is 2. The summed E-state index contributed by atoms with van der Waals surface area (Å²) >= 11 is 0. The van der Waals surface area contributed by atoms with Gasteiger partial charge in [-0.3, -0.25) is 0 Å². The molecule has 0 saturated heterocycles. The maximum Gasteiger partial charge on any atom is 0.338 e. The van der Waals surface area contributed by atoms with Crippen molar-refractivity contribution in [3.05, 3.63) is 35.5 Å². The average Bonchev–Trinajstić information content (AvgIpc) is 2.75. The summed E-state index contributed by atoms with van der Waals surface area (Å²) in [5, 5.41) is 7.37. The smallest absolute Gasteiger partial charge is 0.338 e. The highest BCUT2D eigenvalue weighted by Gasteiger charge is 2.18. The van der Waals surface area contributed by atoms with Crippen LogP contribution in [0.3, 0.4) is 0 Å². The number of halogens is 1. The molecule has 0 atom stereocenters. The Labute approximate surface area is 96.2 Å². The fraction of sp³-hybridized carbons (Fsp3) is 0.182. The fourth-order valence-corrected chi connectivity index (χ4v) is 1.39. The second-order valence-corrected chi connectivity index (χ2v) is 3.31. The van der Waals surface area contributed by atoms with Gasteiger partial charge < -0.3 is 9.15 Å². The highest BCUT2D eigenvalue weighted by atomic mass is 19.1. The molecule has 0 N–H and O–H groups in total. The maximum absolute atomic E-state index is 13.2. The van der Waals surface area contributed by atoms with Gasteiger partial charge in [0.05, 0.1) is 18.2 Å². The van der Waals surface area contributed by atoms with Crippen LogP contribution < -0.4 is 0 Å². The summed E-state index contributed by atoms with van der Waals surface area (Å²) in [5.74, 6) is -0.665. The van der Waals surface area contributed by atoms with Crippen molar-refractivity contribution in [2.45, 2.75) is 6.92 Å². The average molecular weight is 236 g/mol. The number of ether oxygens (including phenoxy) is 1. The van der Waals surface area contributed by atoms with E-state index in [0.29, 0.717) is 5.89 Å². The van der Waals surface area contributed by atoms with E-state index < -0.39 is 11.8 Å². The second kappa shape index (κ2) is 4.32. The number of hydrogen-bond donors (Lipinski definition) is 0. The molecule has 0 aliphatic rings. The minimum absolute atomic E-state index is 0.0856. The number of carbonyl (C=O) groups is 1. The van der Waals surface area contributed by atoms with Gasteiger partial charge in [-0.25, -0.2) is 9.18 Å². The normalized spacial score (nSPS) is 10.3. The van der Waals surface area contributed by atoms with E-state index in [2.05, 4.69) is 14.9 Å². The molecule has 0 radical (unpaired) electrons. The minimum atomic E-state index is -0.587. The summed E-state index contributed by atoms with van der Waals surface area (Å²) in [4.78, 5) is 11.5. The van der Waals surface area contributed by atoms with Crippen LogP contribution in [0.5, 0.6) is 0 Å². The van der Waals surface area contributed by atoms with E-state index >= 15 is 0 Å². The summed E-state index contributed by atoms with van der Waals surface area (Å²) in [5.41, 5.74) is 0.398. The van der Waals surface area contributed by atoms with E-state index in [-0.39, 0.29) is 17.0 Å². The quantitative estimate of drug-likeness (QED) is 0.746. The van der Waals surface area contributed by atoms with Gasteiger partial charge in [0.2, 0.25) is 11.8 Å². The topological polar surface area (TPSA) is 65.2 Å². The molecule has 1 aromatic carbocycles.